The molecule has 2 rings (SSSR count). The van der Waals surface area contributed by atoms with Crippen LogP contribution in [0.3, 0.4) is 0 Å². The molecule has 0 atom stereocenters. The number of piperazine rings is 1. The topological polar surface area (TPSA) is 89.4 Å². The Morgan fingerprint density at radius 3 is 2.36 bits per heavy atom. The van der Waals surface area contributed by atoms with E-state index in [4.69, 9.17) is 4.74 Å². The number of ether oxygens (including phenoxy) is 2. The Bertz CT molecular complexity index is 609. The van der Waals surface area contributed by atoms with Crippen molar-refractivity contribution in [2.45, 2.75) is 6.92 Å². The van der Waals surface area contributed by atoms with Crippen LogP contribution in [-0.4, -0.2) is 69.3 Å². The van der Waals surface area contributed by atoms with Gasteiger partial charge >= 0.3 is 12.1 Å². The highest BCUT2D eigenvalue weighted by Gasteiger charge is 2.25. The van der Waals surface area contributed by atoms with Crippen LogP contribution >= 0.6 is 0 Å². The van der Waals surface area contributed by atoms with Crippen molar-refractivity contribution >= 4 is 23.7 Å². The lowest BCUT2D eigenvalue weighted by molar-refractivity contribution is -0.895. The standard InChI is InChI=1S/C17H23N3O5/c1-3-25-17(23)20-10-8-19(9-11-20)12-15(21)18-14-6-4-13(5-7-14)16(22)24-2/h4-7H,3,8-12H2,1-2H3,(H,18,21)/p+1. The van der Waals surface area contributed by atoms with Crippen LogP contribution in [0.25, 0.3) is 0 Å². The average molecular weight is 350 g/mol. The summed E-state index contributed by atoms with van der Waals surface area (Å²) >= 11 is 0. The van der Waals surface area contributed by atoms with Gasteiger partial charge in [-0.1, -0.05) is 0 Å². The number of carbonyl (C=O) groups excluding carboxylic acids is 3. The van der Waals surface area contributed by atoms with Crippen molar-refractivity contribution in [2.75, 3.05) is 51.8 Å². The van der Waals surface area contributed by atoms with E-state index < -0.39 is 5.97 Å². The van der Waals surface area contributed by atoms with E-state index in [2.05, 4.69) is 10.1 Å². The lowest BCUT2D eigenvalue weighted by atomic mass is 10.2. The number of quaternary nitrogens is 1. The number of rotatable bonds is 5. The van der Waals surface area contributed by atoms with Gasteiger partial charge in [0.05, 0.1) is 45.5 Å². The molecule has 0 saturated carbocycles. The van der Waals surface area contributed by atoms with Gasteiger partial charge in [-0.3, -0.25) is 9.69 Å². The predicted octanol–water partition coefficient (Wildman–Crippen LogP) is -0.231. The molecule has 8 nitrogen and oxygen atoms in total. The maximum Gasteiger partial charge on any atom is 0.410 e. The smallest absolute Gasteiger partial charge is 0.410 e. The number of anilines is 1. The Labute approximate surface area is 146 Å². The van der Waals surface area contributed by atoms with Gasteiger partial charge in [0.1, 0.15) is 0 Å². The minimum atomic E-state index is -0.415. The second kappa shape index (κ2) is 9.03. The first-order chi connectivity index (χ1) is 12.0. The van der Waals surface area contributed by atoms with Gasteiger partial charge in [0.2, 0.25) is 0 Å². The van der Waals surface area contributed by atoms with Crippen LogP contribution in [0.2, 0.25) is 0 Å². The molecule has 0 aliphatic carbocycles. The first kappa shape index (κ1) is 18.7. The lowest BCUT2D eigenvalue weighted by Gasteiger charge is -2.31. The Morgan fingerprint density at radius 2 is 1.80 bits per heavy atom. The highest BCUT2D eigenvalue weighted by molar-refractivity contribution is 5.93. The fraction of sp³-hybridized carbons (Fsp3) is 0.471. The number of hydrogen-bond donors (Lipinski definition) is 2. The van der Waals surface area contributed by atoms with Crippen LogP contribution in [0.4, 0.5) is 10.5 Å². The van der Waals surface area contributed by atoms with Crippen molar-refractivity contribution in [3.8, 4) is 0 Å². The normalized spacial score (nSPS) is 14.7. The number of esters is 1. The minimum Gasteiger partial charge on any atom is -0.465 e. The zero-order valence-electron chi connectivity index (χ0n) is 14.5. The molecule has 136 valence electrons. The molecule has 1 heterocycles. The Hall–Kier alpha value is -2.61. The van der Waals surface area contributed by atoms with Gasteiger partial charge in [-0.2, -0.15) is 0 Å². The van der Waals surface area contributed by atoms with Crippen LogP contribution in [-0.2, 0) is 14.3 Å². The van der Waals surface area contributed by atoms with Gasteiger partial charge in [-0.15, -0.1) is 0 Å². The van der Waals surface area contributed by atoms with E-state index in [1.807, 2.05) is 0 Å². The fourth-order valence-electron chi connectivity index (χ4n) is 2.64. The zero-order chi connectivity index (χ0) is 18.2. The summed E-state index contributed by atoms with van der Waals surface area (Å²) in [5.41, 5.74) is 1.06. The molecule has 2 amide bonds. The van der Waals surface area contributed by atoms with Gasteiger partial charge in [-0.05, 0) is 31.2 Å². The average Bonchev–Trinajstić information content (AvgIpc) is 2.62. The second-order valence-corrected chi connectivity index (χ2v) is 5.73. The third kappa shape index (κ3) is 5.46. The largest absolute Gasteiger partial charge is 0.465 e. The summed E-state index contributed by atoms with van der Waals surface area (Å²) < 4.78 is 9.61. The summed E-state index contributed by atoms with van der Waals surface area (Å²) in [7, 11) is 1.32. The summed E-state index contributed by atoms with van der Waals surface area (Å²) in [5, 5.41) is 2.81. The van der Waals surface area contributed by atoms with Gasteiger partial charge in [0, 0.05) is 5.69 Å². The van der Waals surface area contributed by atoms with Gasteiger partial charge in [-0.25, -0.2) is 9.59 Å². The van der Waals surface area contributed by atoms with Crippen LogP contribution in [0.15, 0.2) is 24.3 Å². The van der Waals surface area contributed by atoms with Gasteiger partial charge < -0.3 is 19.7 Å². The zero-order valence-corrected chi connectivity index (χ0v) is 14.5. The first-order valence-corrected chi connectivity index (χ1v) is 8.27. The summed E-state index contributed by atoms with van der Waals surface area (Å²) in [6.45, 7) is 5.03. The molecule has 0 bridgehead atoms. The van der Waals surface area contributed by atoms with Crippen molar-refractivity contribution in [1.82, 2.24) is 4.90 Å². The third-order valence-corrected chi connectivity index (χ3v) is 4.00. The fourth-order valence-corrected chi connectivity index (χ4v) is 2.64. The molecule has 25 heavy (non-hydrogen) atoms. The van der Waals surface area contributed by atoms with Crippen LogP contribution in [0, 0.1) is 0 Å². The van der Waals surface area contributed by atoms with Crippen molar-refractivity contribution in [2.24, 2.45) is 0 Å². The Kier molecular flexibility index (Phi) is 6.76. The highest BCUT2D eigenvalue weighted by atomic mass is 16.6. The van der Waals surface area contributed by atoms with Crippen molar-refractivity contribution < 1.29 is 28.8 Å². The number of methoxy groups -OCH3 is 1. The van der Waals surface area contributed by atoms with E-state index in [9.17, 15) is 14.4 Å². The highest BCUT2D eigenvalue weighted by Crippen LogP contribution is 2.10. The molecule has 0 aromatic heterocycles. The van der Waals surface area contributed by atoms with Crippen molar-refractivity contribution in [3.05, 3.63) is 29.8 Å². The number of hydrogen-bond acceptors (Lipinski definition) is 5. The van der Waals surface area contributed by atoms with Gasteiger partial charge in [0.15, 0.2) is 6.54 Å². The molecule has 1 aliphatic heterocycles. The summed E-state index contributed by atoms with van der Waals surface area (Å²) in [6.07, 6.45) is -0.295. The minimum absolute atomic E-state index is 0.106. The number of benzene rings is 1. The molecule has 0 unspecified atom stereocenters. The molecule has 0 radical (unpaired) electrons. The number of amides is 2. The van der Waals surface area contributed by atoms with Gasteiger partial charge in [0.25, 0.3) is 5.91 Å². The van der Waals surface area contributed by atoms with E-state index >= 15 is 0 Å². The predicted molar refractivity (Wildman–Crippen MR) is 90.6 cm³/mol. The monoisotopic (exact) mass is 350 g/mol. The summed E-state index contributed by atoms with van der Waals surface area (Å²) in [5.74, 6) is -0.521. The number of nitrogens with one attached hydrogen (secondary N) is 2. The van der Waals surface area contributed by atoms with E-state index in [1.165, 1.54) is 7.11 Å². The molecule has 1 saturated heterocycles. The summed E-state index contributed by atoms with van der Waals surface area (Å²) in [6, 6.07) is 6.54. The molecule has 2 N–H and O–H groups in total. The number of carbonyl (C=O) groups is 3. The molecule has 1 aromatic carbocycles. The van der Waals surface area contributed by atoms with Crippen LogP contribution in [0.1, 0.15) is 17.3 Å². The Balaban J connectivity index is 1.77. The third-order valence-electron chi connectivity index (χ3n) is 4.00. The van der Waals surface area contributed by atoms with E-state index in [0.717, 1.165) is 4.90 Å². The van der Waals surface area contributed by atoms with Crippen molar-refractivity contribution in [1.29, 1.82) is 0 Å². The van der Waals surface area contributed by atoms with Crippen LogP contribution < -0.4 is 10.2 Å². The quantitative estimate of drug-likeness (QED) is 0.716. The molecule has 0 spiro atoms. The molecule has 1 aliphatic rings. The second-order valence-electron chi connectivity index (χ2n) is 5.73. The molecule has 1 aromatic rings. The molecular formula is C17H24N3O5+. The van der Waals surface area contributed by atoms with Crippen molar-refractivity contribution in [3.63, 3.8) is 0 Å². The van der Waals surface area contributed by atoms with E-state index in [-0.39, 0.29) is 12.0 Å². The van der Waals surface area contributed by atoms with Crippen LogP contribution in [0.5, 0.6) is 0 Å². The number of nitrogens with zero attached hydrogens (tertiary/aromatic N) is 1. The molecule has 1 fully saturated rings. The maximum absolute atomic E-state index is 12.1. The van der Waals surface area contributed by atoms with E-state index in [0.29, 0.717) is 50.6 Å². The van der Waals surface area contributed by atoms with E-state index in [1.54, 1.807) is 36.1 Å². The first-order valence-electron chi connectivity index (χ1n) is 8.27. The molecular weight excluding hydrogens is 326 g/mol. The maximum atomic E-state index is 12.1. The molecule has 8 heteroatoms. The SMILES string of the molecule is CCOC(=O)N1CC[NH+](CC(=O)Nc2ccc(C(=O)OC)cc2)CC1. The summed E-state index contributed by atoms with van der Waals surface area (Å²) in [4.78, 5) is 37.9. The Morgan fingerprint density at radius 1 is 1.16 bits per heavy atom. The lowest BCUT2D eigenvalue weighted by Crippen LogP contribution is -3.15.